The molecular weight excluding hydrogens is 162 g/mol. The van der Waals surface area contributed by atoms with E-state index in [4.69, 9.17) is 6.42 Å². The maximum atomic E-state index is 12.9. The number of halogens is 2. The SMILES string of the molecule is C#Cc1ccc(F)c(F)c1OC. The molecular formula is C9H6F2O. The first-order chi connectivity index (χ1) is 5.70. The van der Waals surface area contributed by atoms with Gasteiger partial charge in [-0.15, -0.1) is 6.42 Å². The molecule has 0 aliphatic heterocycles. The second kappa shape index (κ2) is 3.22. The molecule has 12 heavy (non-hydrogen) atoms. The number of hydrogen-bond acceptors (Lipinski definition) is 1. The fraction of sp³-hybridized carbons (Fsp3) is 0.111. The van der Waals surface area contributed by atoms with Crippen molar-refractivity contribution in [3.8, 4) is 18.1 Å². The van der Waals surface area contributed by atoms with Gasteiger partial charge in [0.2, 0.25) is 5.82 Å². The maximum absolute atomic E-state index is 12.9. The van der Waals surface area contributed by atoms with Crippen molar-refractivity contribution in [2.45, 2.75) is 0 Å². The fourth-order valence-corrected chi connectivity index (χ4v) is 0.845. The molecule has 1 rings (SSSR count). The summed E-state index contributed by atoms with van der Waals surface area (Å²) in [7, 11) is 1.23. The van der Waals surface area contributed by atoms with E-state index in [1.54, 1.807) is 0 Å². The summed E-state index contributed by atoms with van der Waals surface area (Å²) in [4.78, 5) is 0. The van der Waals surface area contributed by atoms with Crippen LogP contribution in [0.3, 0.4) is 0 Å². The van der Waals surface area contributed by atoms with Gasteiger partial charge in [-0.3, -0.25) is 0 Å². The molecule has 0 heterocycles. The van der Waals surface area contributed by atoms with Crippen LogP contribution in [0.1, 0.15) is 5.56 Å². The van der Waals surface area contributed by atoms with Gasteiger partial charge in [0.25, 0.3) is 0 Å². The van der Waals surface area contributed by atoms with Gasteiger partial charge >= 0.3 is 0 Å². The van der Waals surface area contributed by atoms with E-state index in [0.29, 0.717) is 0 Å². The third-order valence-corrected chi connectivity index (χ3v) is 1.41. The zero-order chi connectivity index (χ0) is 9.14. The average molecular weight is 168 g/mol. The Morgan fingerprint density at radius 2 is 2.08 bits per heavy atom. The first-order valence-electron chi connectivity index (χ1n) is 3.19. The van der Waals surface area contributed by atoms with Crippen molar-refractivity contribution in [2.75, 3.05) is 7.11 Å². The average Bonchev–Trinajstić information content (AvgIpc) is 2.09. The third kappa shape index (κ3) is 1.24. The molecule has 0 N–H and O–H groups in total. The van der Waals surface area contributed by atoms with Crippen molar-refractivity contribution in [3.63, 3.8) is 0 Å². The van der Waals surface area contributed by atoms with Crippen LogP contribution in [0.4, 0.5) is 8.78 Å². The lowest BCUT2D eigenvalue weighted by Crippen LogP contribution is -1.94. The number of rotatable bonds is 1. The Balaban J connectivity index is 3.38. The molecule has 1 aromatic carbocycles. The lowest BCUT2D eigenvalue weighted by atomic mass is 10.2. The summed E-state index contributed by atoms with van der Waals surface area (Å²) in [5.41, 5.74) is 0.205. The molecule has 0 atom stereocenters. The Kier molecular flexibility index (Phi) is 2.29. The zero-order valence-corrected chi connectivity index (χ0v) is 6.40. The molecule has 0 saturated heterocycles. The molecule has 3 heteroatoms. The second-order valence-corrected chi connectivity index (χ2v) is 2.09. The molecule has 0 saturated carbocycles. The minimum Gasteiger partial charge on any atom is -0.492 e. The van der Waals surface area contributed by atoms with Crippen LogP contribution in [-0.4, -0.2) is 7.11 Å². The molecule has 1 aromatic rings. The Morgan fingerprint density at radius 3 is 2.58 bits per heavy atom. The molecule has 62 valence electrons. The minimum atomic E-state index is -1.05. The molecule has 0 amide bonds. The molecule has 0 spiro atoms. The maximum Gasteiger partial charge on any atom is 0.201 e. The first kappa shape index (κ1) is 8.54. The fourth-order valence-electron chi connectivity index (χ4n) is 0.845. The highest BCUT2D eigenvalue weighted by Crippen LogP contribution is 2.23. The summed E-state index contributed by atoms with van der Waals surface area (Å²) >= 11 is 0. The summed E-state index contributed by atoms with van der Waals surface area (Å²) in [5.74, 6) is -0.0567. The summed E-state index contributed by atoms with van der Waals surface area (Å²) in [6.45, 7) is 0. The highest BCUT2D eigenvalue weighted by Gasteiger charge is 2.11. The summed E-state index contributed by atoms with van der Waals surface area (Å²) in [6.07, 6.45) is 5.03. The van der Waals surface area contributed by atoms with Crippen LogP contribution in [-0.2, 0) is 0 Å². The molecule has 0 aromatic heterocycles. The van der Waals surface area contributed by atoms with Crippen LogP contribution in [0.5, 0.6) is 5.75 Å². The van der Waals surface area contributed by atoms with E-state index in [-0.39, 0.29) is 11.3 Å². The van der Waals surface area contributed by atoms with Crippen LogP contribution in [0.25, 0.3) is 0 Å². The summed E-state index contributed by atoms with van der Waals surface area (Å²) in [5, 5.41) is 0. The Bertz CT molecular complexity index is 339. The van der Waals surface area contributed by atoms with E-state index in [1.807, 2.05) is 0 Å². The van der Waals surface area contributed by atoms with Gasteiger partial charge in [-0.05, 0) is 12.1 Å². The predicted molar refractivity (Wildman–Crippen MR) is 40.8 cm³/mol. The molecule has 0 aliphatic carbocycles. The van der Waals surface area contributed by atoms with Crippen molar-refractivity contribution in [2.24, 2.45) is 0 Å². The third-order valence-electron chi connectivity index (χ3n) is 1.41. The highest BCUT2D eigenvalue weighted by atomic mass is 19.2. The largest absolute Gasteiger partial charge is 0.492 e. The van der Waals surface area contributed by atoms with E-state index < -0.39 is 11.6 Å². The van der Waals surface area contributed by atoms with E-state index in [1.165, 1.54) is 13.2 Å². The van der Waals surface area contributed by atoms with Gasteiger partial charge in [-0.1, -0.05) is 5.92 Å². The van der Waals surface area contributed by atoms with Gasteiger partial charge in [0.05, 0.1) is 12.7 Å². The molecule has 0 radical (unpaired) electrons. The van der Waals surface area contributed by atoms with E-state index in [0.717, 1.165) is 6.07 Å². The van der Waals surface area contributed by atoms with Gasteiger partial charge in [0, 0.05) is 0 Å². The van der Waals surface area contributed by atoms with Crippen LogP contribution in [0, 0.1) is 24.0 Å². The van der Waals surface area contributed by atoms with Gasteiger partial charge < -0.3 is 4.74 Å². The second-order valence-electron chi connectivity index (χ2n) is 2.09. The number of ether oxygens (including phenoxy) is 1. The Labute approximate surface area is 69.0 Å². The Hall–Kier alpha value is -1.56. The normalized spacial score (nSPS) is 9.17. The number of terminal acetylenes is 1. The lowest BCUT2D eigenvalue weighted by Gasteiger charge is -2.04. The van der Waals surface area contributed by atoms with Crippen molar-refractivity contribution < 1.29 is 13.5 Å². The Morgan fingerprint density at radius 1 is 1.42 bits per heavy atom. The van der Waals surface area contributed by atoms with Crippen molar-refractivity contribution in [1.82, 2.24) is 0 Å². The molecule has 0 aliphatic rings. The summed E-state index contributed by atoms with van der Waals surface area (Å²) < 4.78 is 30.0. The zero-order valence-electron chi connectivity index (χ0n) is 6.40. The standard InChI is InChI=1S/C9H6F2O/c1-3-6-4-5-7(10)8(11)9(6)12-2/h1,4-5H,2H3. The van der Waals surface area contributed by atoms with Crippen molar-refractivity contribution in [1.29, 1.82) is 0 Å². The predicted octanol–water partition coefficient (Wildman–Crippen LogP) is 1.95. The number of methoxy groups -OCH3 is 1. The smallest absolute Gasteiger partial charge is 0.201 e. The molecule has 1 nitrogen and oxygen atoms in total. The van der Waals surface area contributed by atoms with Crippen LogP contribution in [0.2, 0.25) is 0 Å². The van der Waals surface area contributed by atoms with Crippen molar-refractivity contribution >= 4 is 0 Å². The van der Waals surface area contributed by atoms with Gasteiger partial charge in [-0.2, -0.15) is 4.39 Å². The first-order valence-corrected chi connectivity index (χ1v) is 3.19. The van der Waals surface area contributed by atoms with Crippen LogP contribution >= 0.6 is 0 Å². The van der Waals surface area contributed by atoms with E-state index in [9.17, 15) is 8.78 Å². The van der Waals surface area contributed by atoms with Gasteiger partial charge in [0.15, 0.2) is 11.6 Å². The highest BCUT2D eigenvalue weighted by molar-refractivity contribution is 5.45. The topological polar surface area (TPSA) is 9.23 Å². The van der Waals surface area contributed by atoms with Crippen LogP contribution < -0.4 is 4.74 Å². The molecule has 0 unspecified atom stereocenters. The van der Waals surface area contributed by atoms with Gasteiger partial charge in [-0.25, -0.2) is 4.39 Å². The summed E-state index contributed by atoms with van der Waals surface area (Å²) in [6, 6.07) is 2.25. The lowest BCUT2D eigenvalue weighted by molar-refractivity contribution is 0.370. The minimum absolute atomic E-state index is 0.205. The van der Waals surface area contributed by atoms with Crippen molar-refractivity contribution in [3.05, 3.63) is 29.3 Å². The molecule has 0 bridgehead atoms. The van der Waals surface area contributed by atoms with Gasteiger partial charge in [0.1, 0.15) is 0 Å². The van der Waals surface area contributed by atoms with Crippen LogP contribution in [0.15, 0.2) is 12.1 Å². The number of hydrogen-bond donors (Lipinski definition) is 0. The number of benzene rings is 1. The monoisotopic (exact) mass is 168 g/mol. The molecule has 0 fully saturated rings. The van der Waals surface area contributed by atoms with E-state index in [2.05, 4.69) is 10.7 Å². The van der Waals surface area contributed by atoms with E-state index >= 15 is 0 Å². The quantitative estimate of drug-likeness (QED) is 0.582.